The van der Waals surface area contributed by atoms with Crippen molar-refractivity contribution in [2.45, 2.75) is 44.2 Å². The Labute approximate surface area is 155 Å². The SMILES string of the molecule is CC(C)Nc1nc2cc(Cl)c(Cl)cc2n1C1COC(CO)C(O)C1O. The molecule has 25 heavy (non-hydrogen) atoms. The number of anilines is 1. The molecule has 4 atom stereocenters. The van der Waals surface area contributed by atoms with Gasteiger partial charge in [-0.3, -0.25) is 0 Å². The Balaban J connectivity index is 2.11. The van der Waals surface area contributed by atoms with Crippen molar-refractivity contribution in [3.05, 3.63) is 22.2 Å². The van der Waals surface area contributed by atoms with Gasteiger partial charge in [-0.25, -0.2) is 4.98 Å². The summed E-state index contributed by atoms with van der Waals surface area (Å²) in [6.45, 7) is 3.68. The number of aromatic nitrogens is 2. The normalized spacial score (nSPS) is 27.2. The van der Waals surface area contributed by atoms with Gasteiger partial charge in [-0.1, -0.05) is 23.2 Å². The molecule has 9 heteroatoms. The first kappa shape index (κ1) is 18.7. The van der Waals surface area contributed by atoms with E-state index in [2.05, 4.69) is 10.3 Å². The third kappa shape index (κ3) is 3.45. The summed E-state index contributed by atoms with van der Waals surface area (Å²) in [5, 5.41) is 34.0. The van der Waals surface area contributed by atoms with Crippen molar-refractivity contribution in [2.24, 2.45) is 0 Å². The number of nitrogens with zero attached hydrogens (tertiary/aromatic N) is 2. The highest BCUT2D eigenvalue weighted by Gasteiger charge is 2.40. The lowest BCUT2D eigenvalue weighted by atomic mass is 9.98. The first-order valence-electron chi connectivity index (χ1n) is 8.05. The van der Waals surface area contributed by atoms with Crippen LogP contribution in [0.1, 0.15) is 19.9 Å². The van der Waals surface area contributed by atoms with E-state index in [0.717, 1.165) is 0 Å². The van der Waals surface area contributed by atoms with Gasteiger partial charge in [0.25, 0.3) is 0 Å². The minimum atomic E-state index is -1.21. The van der Waals surface area contributed by atoms with Gasteiger partial charge in [-0.2, -0.15) is 0 Å². The number of aliphatic hydroxyl groups is 3. The van der Waals surface area contributed by atoms with Crippen LogP contribution in [0.5, 0.6) is 0 Å². The van der Waals surface area contributed by atoms with Crippen LogP contribution in [-0.4, -0.2) is 62.4 Å². The number of ether oxygens (including phenoxy) is 1. The van der Waals surface area contributed by atoms with Gasteiger partial charge in [0.15, 0.2) is 0 Å². The van der Waals surface area contributed by atoms with Crippen LogP contribution in [0.25, 0.3) is 11.0 Å². The van der Waals surface area contributed by atoms with Crippen LogP contribution < -0.4 is 5.32 Å². The second-order valence-corrected chi connectivity index (χ2v) is 7.28. The smallest absolute Gasteiger partial charge is 0.204 e. The second-order valence-electron chi connectivity index (χ2n) is 6.46. The molecule has 1 aromatic heterocycles. The standard InChI is InChI=1S/C16H21Cl2N3O4/c1-7(2)19-16-20-10-3-8(17)9(18)4-11(10)21(16)12-6-25-13(5-22)15(24)14(12)23/h3-4,7,12-15,22-24H,5-6H2,1-2H3,(H,19,20). The lowest BCUT2D eigenvalue weighted by Crippen LogP contribution is -2.52. The fourth-order valence-electron chi connectivity index (χ4n) is 3.04. The maximum absolute atomic E-state index is 10.6. The van der Waals surface area contributed by atoms with E-state index in [1.807, 2.05) is 13.8 Å². The molecule has 2 heterocycles. The Hall–Kier alpha value is -1.09. The van der Waals surface area contributed by atoms with Crippen molar-refractivity contribution in [3.63, 3.8) is 0 Å². The quantitative estimate of drug-likeness (QED) is 0.636. The summed E-state index contributed by atoms with van der Waals surface area (Å²) in [7, 11) is 0. The van der Waals surface area contributed by atoms with E-state index < -0.39 is 24.4 Å². The molecule has 0 saturated carbocycles. The van der Waals surface area contributed by atoms with E-state index in [1.54, 1.807) is 16.7 Å². The Morgan fingerprint density at radius 2 is 1.96 bits per heavy atom. The highest BCUT2D eigenvalue weighted by atomic mass is 35.5. The number of hydrogen-bond donors (Lipinski definition) is 4. The lowest BCUT2D eigenvalue weighted by molar-refractivity contribution is -0.168. The molecule has 1 aromatic carbocycles. The molecule has 1 aliphatic heterocycles. The second kappa shape index (κ2) is 7.26. The van der Waals surface area contributed by atoms with E-state index >= 15 is 0 Å². The summed E-state index contributed by atoms with van der Waals surface area (Å²) in [6.07, 6.45) is -3.16. The molecule has 0 radical (unpaired) electrons. The Morgan fingerprint density at radius 3 is 2.60 bits per heavy atom. The van der Waals surface area contributed by atoms with Gasteiger partial charge in [-0.05, 0) is 26.0 Å². The van der Waals surface area contributed by atoms with Crippen LogP contribution >= 0.6 is 23.2 Å². The van der Waals surface area contributed by atoms with Crippen LogP contribution in [0.15, 0.2) is 12.1 Å². The fraction of sp³-hybridized carbons (Fsp3) is 0.562. The maximum Gasteiger partial charge on any atom is 0.204 e. The molecule has 7 nitrogen and oxygen atoms in total. The summed E-state index contributed by atoms with van der Waals surface area (Å²) < 4.78 is 7.28. The van der Waals surface area contributed by atoms with Crippen molar-refractivity contribution in [3.8, 4) is 0 Å². The molecule has 0 spiro atoms. The molecule has 4 unspecified atom stereocenters. The monoisotopic (exact) mass is 389 g/mol. The molecule has 1 aliphatic rings. The molecule has 138 valence electrons. The summed E-state index contributed by atoms with van der Waals surface area (Å²) in [6, 6.07) is 2.83. The summed E-state index contributed by atoms with van der Waals surface area (Å²) in [5.41, 5.74) is 1.28. The molecule has 0 amide bonds. The predicted octanol–water partition coefficient (Wildman–Crippen LogP) is 1.82. The van der Waals surface area contributed by atoms with Gasteiger partial charge < -0.3 is 29.9 Å². The maximum atomic E-state index is 10.6. The molecule has 0 bridgehead atoms. The summed E-state index contributed by atoms with van der Waals surface area (Å²) >= 11 is 12.2. The largest absolute Gasteiger partial charge is 0.394 e. The van der Waals surface area contributed by atoms with Crippen molar-refractivity contribution in [1.82, 2.24) is 9.55 Å². The Morgan fingerprint density at radius 1 is 1.28 bits per heavy atom. The molecule has 3 rings (SSSR count). The van der Waals surface area contributed by atoms with Gasteiger partial charge >= 0.3 is 0 Å². The molecule has 0 aliphatic carbocycles. The number of imidazole rings is 1. The average molecular weight is 390 g/mol. The number of hydrogen-bond acceptors (Lipinski definition) is 6. The first-order chi connectivity index (χ1) is 11.8. The van der Waals surface area contributed by atoms with Crippen LogP contribution in [0.2, 0.25) is 10.0 Å². The molecular weight excluding hydrogens is 369 g/mol. The van der Waals surface area contributed by atoms with E-state index in [1.165, 1.54) is 0 Å². The number of halogens is 2. The number of benzene rings is 1. The summed E-state index contributed by atoms with van der Waals surface area (Å²) in [4.78, 5) is 4.54. The molecule has 1 saturated heterocycles. The highest BCUT2D eigenvalue weighted by molar-refractivity contribution is 6.42. The third-order valence-corrected chi connectivity index (χ3v) is 4.99. The first-order valence-corrected chi connectivity index (χ1v) is 8.81. The Bertz CT molecular complexity index is 767. The van der Waals surface area contributed by atoms with Crippen molar-refractivity contribution >= 4 is 40.2 Å². The van der Waals surface area contributed by atoms with E-state index in [9.17, 15) is 15.3 Å². The molecular formula is C16H21Cl2N3O4. The molecule has 4 N–H and O–H groups in total. The van der Waals surface area contributed by atoms with Gasteiger partial charge in [0.2, 0.25) is 5.95 Å². The number of fused-ring (bicyclic) bond motifs is 1. The van der Waals surface area contributed by atoms with Gasteiger partial charge in [0.1, 0.15) is 18.3 Å². The van der Waals surface area contributed by atoms with Crippen molar-refractivity contribution < 1.29 is 20.1 Å². The van der Waals surface area contributed by atoms with Crippen molar-refractivity contribution in [1.29, 1.82) is 0 Å². The third-order valence-electron chi connectivity index (χ3n) is 4.27. The zero-order chi connectivity index (χ0) is 18.3. The topological polar surface area (TPSA) is 99.8 Å². The van der Waals surface area contributed by atoms with Gasteiger partial charge in [-0.15, -0.1) is 0 Å². The zero-order valence-electron chi connectivity index (χ0n) is 13.9. The van der Waals surface area contributed by atoms with Crippen LogP contribution in [0.4, 0.5) is 5.95 Å². The van der Waals surface area contributed by atoms with E-state index in [-0.39, 0.29) is 19.3 Å². The van der Waals surface area contributed by atoms with Crippen LogP contribution in [0.3, 0.4) is 0 Å². The van der Waals surface area contributed by atoms with Crippen LogP contribution in [0, 0.1) is 0 Å². The highest BCUT2D eigenvalue weighted by Crippen LogP contribution is 2.35. The minimum absolute atomic E-state index is 0.0956. The number of aliphatic hydroxyl groups excluding tert-OH is 3. The van der Waals surface area contributed by atoms with E-state index in [4.69, 9.17) is 27.9 Å². The zero-order valence-corrected chi connectivity index (χ0v) is 15.4. The average Bonchev–Trinajstić information content (AvgIpc) is 2.86. The molecule has 1 fully saturated rings. The van der Waals surface area contributed by atoms with Gasteiger partial charge in [0, 0.05) is 6.04 Å². The predicted molar refractivity (Wildman–Crippen MR) is 96.4 cm³/mol. The fourth-order valence-corrected chi connectivity index (χ4v) is 3.36. The minimum Gasteiger partial charge on any atom is -0.394 e. The summed E-state index contributed by atoms with van der Waals surface area (Å²) in [5.74, 6) is 0.519. The van der Waals surface area contributed by atoms with E-state index in [0.29, 0.717) is 27.0 Å². The van der Waals surface area contributed by atoms with Gasteiger partial charge in [0.05, 0.1) is 40.3 Å². The lowest BCUT2D eigenvalue weighted by Gasteiger charge is -2.38. The Kier molecular flexibility index (Phi) is 5.43. The number of nitrogens with one attached hydrogen (secondary N) is 1. The van der Waals surface area contributed by atoms with Crippen LogP contribution in [-0.2, 0) is 4.74 Å². The van der Waals surface area contributed by atoms with Crippen molar-refractivity contribution in [2.75, 3.05) is 18.5 Å². The molecule has 2 aromatic rings. The number of rotatable bonds is 4.